The van der Waals surface area contributed by atoms with E-state index in [4.69, 9.17) is 18.9 Å². The van der Waals surface area contributed by atoms with Crippen molar-refractivity contribution in [2.45, 2.75) is 78.0 Å². The maximum Gasteiger partial charge on any atom is 0.113 e. The molecule has 4 nitrogen and oxygen atoms in total. The minimum Gasteiger partial charge on any atom is -0.378 e. The van der Waals surface area contributed by atoms with Gasteiger partial charge in [-0.3, -0.25) is 0 Å². The van der Waals surface area contributed by atoms with Gasteiger partial charge in [0.1, 0.15) is 12.2 Å². The Balaban J connectivity index is 2.78. The summed E-state index contributed by atoms with van der Waals surface area (Å²) in [4.78, 5) is 0. The molecule has 1 saturated heterocycles. The highest BCUT2D eigenvalue weighted by Crippen LogP contribution is 2.29. The van der Waals surface area contributed by atoms with Crippen molar-refractivity contribution in [3.8, 4) is 0 Å². The Bertz CT molecular complexity index is 290. The van der Waals surface area contributed by atoms with E-state index in [1.165, 1.54) is 0 Å². The molecular weight excluding hydrogens is 256 g/mol. The largest absolute Gasteiger partial charge is 0.378 e. The molecule has 0 amide bonds. The molecule has 1 fully saturated rings. The minimum atomic E-state index is -0.234. The van der Waals surface area contributed by atoms with E-state index in [0.717, 1.165) is 0 Å². The van der Waals surface area contributed by atoms with Gasteiger partial charge in [0.15, 0.2) is 0 Å². The van der Waals surface area contributed by atoms with Crippen LogP contribution in [0.25, 0.3) is 0 Å². The van der Waals surface area contributed by atoms with Gasteiger partial charge in [0, 0.05) is 13.0 Å². The number of hydrogen-bond acceptors (Lipinski definition) is 4. The quantitative estimate of drug-likeness (QED) is 0.797. The lowest BCUT2D eigenvalue weighted by molar-refractivity contribution is -0.235. The lowest BCUT2D eigenvalue weighted by Crippen LogP contribution is -2.55. The Morgan fingerprint density at radius 3 is 2.05 bits per heavy atom. The second-order valence-electron chi connectivity index (χ2n) is 7.67. The summed E-state index contributed by atoms with van der Waals surface area (Å²) in [6.45, 7) is 15.6. The highest BCUT2D eigenvalue weighted by Gasteiger charge is 2.42. The van der Waals surface area contributed by atoms with Crippen molar-refractivity contribution >= 4 is 0 Å². The van der Waals surface area contributed by atoms with Crippen molar-refractivity contribution < 1.29 is 18.9 Å². The van der Waals surface area contributed by atoms with Crippen LogP contribution in [-0.4, -0.2) is 49.8 Å². The zero-order chi connectivity index (χ0) is 15.6. The van der Waals surface area contributed by atoms with E-state index in [2.05, 4.69) is 27.7 Å². The second kappa shape index (κ2) is 6.73. The summed E-state index contributed by atoms with van der Waals surface area (Å²) in [7, 11) is 1.74. The summed E-state index contributed by atoms with van der Waals surface area (Å²) in [5.41, 5.74) is -0.414. The fourth-order valence-electron chi connectivity index (χ4n) is 2.39. The van der Waals surface area contributed by atoms with Crippen LogP contribution in [0.15, 0.2) is 0 Å². The molecule has 0 saturated carbocycles. The van der Waals surface area contributed by atoms with Gasteiger partial charge in [-0.05, 0) is 41.5 Å². The zero-order valence-electron chi connectivity index (χ0n) is 14.4. The average Bonchev–Trinajstić information content (AvgIpc) is 2.25. The van der Waals surface area contributed by atoms with Gasteiger partial charge in [-0.15, -0.1) is 0 Å². The van der Waals surface area contributed by atoms with Crippen molar-refractivity contribution in [2.75, 3.05) is 20.3 Å². The molecule has 0 aromatic heterocycles. The van der Waals surface area contributed by atoms with Crippen molar-refractivity contribution in [1.82, 2.24) is 0 Å². The first-order chi connectivity index (χ1) is 9.03. The lowest BCUT2D eigenvalue weighted by atomic mass is 9.92. The summed E-state index contributed by atoms with van der Waals surface area (Å²) in [5.74, 6) is 0.318. The molecule has 0 bridgehead atoms. The Labute approximate surface area is 124 Å². The van der Waals surface area contributed by atoms with Crippen molar-refractivity contribution in [2.24, 2.45) is 5.92 Å². The van der Waals surface area contributed by atoms with E-state index in [0.29, 0.717) is 19.1 Å². The van der Waals surface area contributed by atoms with Gasteiger partial charge < -0.3 is 18.9 Å². The Kier molecular flexibility index (Phi) is 6.02. The monoisotopic (exact) mass is 288 g/mol. The molecule has 4 atom stereocenters. The molecule has 0 aromatic rings. The average molecular weight is 288 g/mol. The zero-order valence-corrected chi connectivity index (χ0v) is 14.4. The van der Waals surface area contributed by atoms with Crippen molar-refractivity contribution in [3.05, 3.63) is 0 Å². The summed E-state index contributed by atoms with van der Waals surface area (Å²) < 4.78 is 23.7. The van der Waals surface area contributed by atoms with Gasteiger partial charge in [-0.1, -0.05) is 6.92 Å². The Hall–Kier alpha value is -0.160. The number of hydrogen-bond donors (Lipinski definition) is 0. The SMILES string of the molecule is CO[C@@H]1[C@@H](OC(C)(C)C)[C@@H](COC(C)(C)C)OC[C@H]1C. The molecule has 1 heterocycles. The van der Waals surface area contributed by atoms with Crippen LogP contribution in [0.4, 0.5) is 0 Å². The molecule has 0 radical (unpaired) electrons. The normalized spacial score (nSPS) is 32.4. The highest BCUT2D eigenvalue weighted by molar-refractivity contribution is 4.89. The van der Waals surface area contributed by atoms with E-state index in [9.17, 15) is 0 Å². The smallest absolute Gasteiger partial charge is 0.113 e. The van der Waals surface area contributed by atoms with E-state index in [-0.39, 0.29) is 29.5 Å². The van der Waals surface area contributed by atoms with Gasteiger partial charge in [0.25, 0.3) is 0 Å². The summed E-state index contributed by atoms with van der Waals surface area (Å²) in [6, 6.07) is 0. The van der Waals surface area contributed by atoms with E-state index in [1.807, 2.05) is 20.8 Å². The van der Waals surface area contributed by atoms with Gasteiger partial charge >= 0.3 is 0 Å². The molecule has 0 spiro atoms. The van der Waals surface area contributed by atoms with Crippen molar-refractivity contribution in [1.29, 1.82) is 0 Å². The van der Waals surface area contributed by atoms with Gasteiger partial charge in [0.05, 0.1) is 30.5 Å². The van der Waals surface area contributed by atoms with Gasteiger partial charge in [-0.25, -0.2) is 0 Å². The maximum atomic E-state index is 6.20. The van der Waals surface area contributed by atoms with Crippen LogP contribution >= 0.6 is 0 Å². The molecular formula is C16H32O4. The molecule has 0 unspecified atom stereocenters. The Morgan fingerprint density at radius 2 is 1.60 bits per heavy atom. The van der Waals surface area contributed by atoms with E-state index >= 15 is 0 Å². The van der Waals surface area contributed by atoms with E-state index < -0.39 is 0 Å². The summed E-state index contributed by atoms with van der Waals surface area (Å²) in [6.07, 6.45) is -0.155. The molecule has 20 heavy (non-hydrogen) atoms. The summed E-state index contributed by atoms with van der Waals surface area (Å²) in [5, 5.41) is 0. The fourth-order valence-corrected chi connectivity index (χ4v) is 2.39. The van der Waals surface area contributed by atoms with E-state index in [1.54, 1.807) is 7.11 Å². The minimum absolute atomic E-state index is 0.0385. The van der Waals surface area contributed by atoms with Crippen LogP contribution < -0.4 is 0 Å². The fraction of sp³-hybridized carbons (Fsp3) is 1.00. The Morgan fingerprint density at radius 1 is 1.00 bits per heavy atom. The summed E-state index contributed by atoms with van der Waals surface area (Å²) >= 11 is 0. The molecule has 0 aromatic carbocycles. The molecule has 0 aliphatic carbocycles. The third-order valence-electron chi connectivity index (χ3n) is 3.27. The van der Waals surface area contributed by atoms with Crippen molar-refractivity contribution in [3.63, 3.8) is 0 Å². The number of ether oxygens (including phenoxy) is 4. The number of rotatable bonds is 4. The van der Waals surface area contributed by atoms with Crippen LogP contribution in [0.1, 0.15) is 48.5 Å². The first-order valence-electron chi connectivity index (χ1n) is 7.49. The standard InChI is InChI=1S/C16H32O4/c1-11-9-18-12(10-19-15(2,3)4)14(13(11)17-8)20-16(5,6)7/h11-14H,9-10H2,1-8H3/t11-,12-,13+,14+/m1/s1. The molecule has 120 valence electrons. The van der Waals surface area contributed by atoms with Crippen LogP contribution in [0.2, 0.25) is 0 Å². The molecule has 1 aliphatic rings. The predicted molar refractivity (Wildman–Crippen MR) is 80.0 cm³/mol. The molecule has 1 aliphatic heterocycles. The first kappa shape index (κ1) is 17.9. The topological polar surface area (TPSA) is 36.9 Å². The molecule has 1 rings (SSSR count). The second-order valence-corrected chi connectivity index (χ2v) is 7.67. The maximum absolute atomic E-state index is 6.20. The lowest BCUT2D eigenvalue weighted by Gasteiger charge is -2.43. The van der Waals surface area contributed by atoms with Crippen LogP contribution in [-0.2, 0) is 18.9 Å². The predicted octanol–water partition coefficient (Wildman–Crippen LogP) is 3.04. The first-order valence-corrected chi connectivity index (χ1v) is 7.49. The number of methoxy groups -OCH3 is 1. The van der Waals surface area contributed by atoms with Gasteiger partial charge in [-0.2, -0.15) is 0 Å². The molecule has 0 N–H and O–H groups in total. The highest BCUT2D eigenvalue weighted by atomic mass is 16.6. The third kappa shape index (κ3) is 5.68. The van der Waals surface area contributed by atoms with Gasteiger partial charge in [0.2, 0.25) is 0 Å². The molecule has 4 heteroatoms. The van der Waals surface area contributed by atoms with Crippen LogP contribution in [0.5, 0.6) is 0 Å². The third-order valence-corrected chi connectivity index (χ3v) is 3.27. The van der Waals surface area contributed by atoms with Crippen LogP contribution in [0, 0.1) is 5.92 Å². The van der Waals surface area contributed by atoms with Crippen LogP contribution in [0.3, 0.4) is 0 Å².